The first kappa shape index (κ1) is 12.1. The van der Waals surface area contributed by atoms with E-state index in [2.05, 4.69) is 6.58 Å². The zero-order chi connectivity index (χ0) is 12.0. The smallest absolute Gasteiger partial charge is 0.330 e. The van der Waals surface area contributed by atoms with E-state index in [0.717, 1.165) is 11.6 Å². The second-order valence-corrected chi connectivity index (χ2v) is 2.99. The lowest BCUT2D eigenvalue weighted by molar-refractivity contribution is -0.139. The van der Waals surface area contributed by atoms with E-state index in [1.165, 1.54) is 0 Å². The molecule has 4 nitrogen and oxygen atoms in total. The second kappa shape index (κ2) is 5.80. The minimum atomic E-state index is -0.460. The van der Waals surface area contributed by atoms with E-state index < -0.39 is 5.97 Å². The van der Waals surface area contributed by atoms with Gasteiger partial charge in [0.25, 0.3) is 0 Å². The van der Waals surface area contributed by atoms with E-state index in [-0.39, 0.29) is 6.61 Å². The SMILES string of the molecule is C=CC(=O)OCc1ccc(OC)cc1OC. The van der Waals surface area contributed by atoms with Crippen molar-refractivity contribution in [3.8, 4) is 11.5 Å². The number of esters is 1. The molecule has 0 aromatic heterocycles. The molecular weight excluding hydrogens is 208 g/mol. The Morgan fingerprint density at radius 1 is 1.38 bits per heavy atom. The average Bonchev–Trinajstić information content (AvgIpc) is 2.35. The molecule has 0 fully saturated rings. The fourth-order valence-corrected chi connectivity index (χ4v) is 1.18. The molecule has 0 aliphatic rings. The molecule has 0 heterocycles. The summed E-state index contributed by atoms with van der Waals surface area (Å²) in [5.41, 5.74) is 0.776. The molecule has 0 saturated heterocycles. The third-order valence-corrected chi connectivity index (χ3v) is 2.03. The van der Waals surface area contributed by atoms with Crippen molar-refractivity contribution in [2.75, 3.05) is 14.2 Å². The monoisotopic (exact) mass is 222 g/mol. The number of hydrogen-bond donors (Lipinski definition) is 0. The molecule has 1 aromatic rings. The van der Waals surface area contributed by atoms with Crippen molar-refractivity contribution < 1.29 is 19.0 Å². The molecule has 0 amide bonds. The first-order chi connectivity index (χ1) is 7.71. The lowest BCUT2D eigenvalue weighted by Gasteiger charge is -2.10. The summed E-state index contributed by atoms with van der Waals surface area (Å²) in [4.78, 5) is 10.9. The normalized spacial score (nSPS) is 9.38. The average molecular weight is 222 g/mol. The van der Waals surface area contributed by atoms with Crippen LogP contribution in [-0.4, -0.2) is 20.2 Å². The maximum Gasteiger partial charge on any atom is 0.330 e. The predicted molar refractivity (Wildman–Crippen MR) is 59.5 cm³/mol. The Morgan fingerprint density at radius 2 is 2.12 bits per heavy atom. The van der Waals surface area contributed by atoms with Gasteiger partial charge in [-0.15, -0.1) is 0 Å². The van der Waals surface area contributed by atoms with Crippen LogP contribution >= 0.6 is 0 Å². The number of carbonyl (C=O) groups excluding carboxylic acids is 1. The lowest BCUT2D eigenvalue weighted by atomic mass is 10.2. The summed E-state index contributed by atoms with van der Waals surface area (Å²) < 4.78 is 15.1. The van der Waals surface area contributed by atoms with Crippen LogP contribution in [0.2, 0.25) is 0 Å². The van der Waals surface area contributed by atoms with Crippen LogP contribution in [0.15, 0.2) is 30.9 Å². The van der Waals surface area contributed by atoms with Crippen LogP contribution in [0, 0.1) is 0 Å². The van der Waals surface area contributed by atoms with Crippen LogP contribution < -0.4 is 9.47 Å². The van der Waals surface area contributed by atoms with Crippen LogP contribution in [0.1, 0.15) is 5.56 Å². The number of ether oxygens (including phenoxy) is 3. The molecule has 0 bridgehead atoms. The first-order valence-electron chi connectivity index (χ1n) is 4.71. The molecule has 0 radical (unpaired) electrons. The first-order valence-corrected chi connectivity index (χ1v) is 4.71. The van der Waals surface area contributed by atoms with Crippen LogP contribution in [0.3, 0.4) is 0 Å². The topological polar surface area (TPSA) is 44.8 Å². The summed E-state index contributed by atoms with van der Waals surface area (Å²) in [6.45, 7) is 3.47. The fraction of sp³-hybridized carbons (Fsp3) is 0.250. The van der Waals surface area contributed by atoms with Gasteiger partial charge in [0.05, 0.1) is 14.2 Å². The number of methoxy groups -OCH3 is 2. The van der Waals surface area contributed by atoms with Crippen molar-refractivity contribution in [1.82, 2.24) is 0 Å². The molecular formula is C12H14O4. The van der Waals surface area contributed by atoms with E-state index in [9.17, 15) is 4.79 Å². The van der Waals surface area contributed by atoms with Crippen LogP contribution in [0.25, 0.3) is 0 Å². The Labute approximate surface area is 94.4 Å². The molecule has 0 atom stereocenters. The predicted octanol–water partition coefficient (Wildman–Crippen LogP) is 1.93. The van der Waals surface area contributed by atoms with Gasteiger partial charge in [-0.2, -0.15) is 0 Å². The van der Waals surface area contributed by atoms with Gasteiger partial charge in [0.1, 0.15) is 18.1 Å². The van der Waals surface area contributed by atoms with E-state index >= 15 is 0 Å². The molecule has 0 unspecified atom stereocenters. The standard InChI is InChI=1S/C12H14O4/c1-4-12(13)16-8-9-5-6-10(14-2)7-11(9)15-3/h4-7H,1,8H2,2-3H3. The van der Waals surface area contributed by atoms with E-state index in [4.69, 9.17) is 14.2 Å². The molecule has 1 aromatic carbocycles. The Balaban J connectivity index is 2.79. The van der Waals surface area contributed by atoms with Gasteiger partial charge in [-0.25, -0.2) is 4.79 Å². The Bertz CT molecular complexity index is 385. The maximum atomic E-state index is 10.9. The Hall–Kier alpha value is -1.97. The third kappa shape index (κ3) is 3.02. The van der Waals surface area contributed by atoms with Gasteiger partial charge >= 0.3 is 5.97 Å². The lowest BCUT2D eigenvalue weighted by Crippen LogP contribution is -2.02. The van der Waals surface area contributed by atoms with E-state index in [0.29, 0.717) is 11.5 Å². The Kier molecular flexibility index (Phi) is 4.39. The number of rotatable bonds is 5. The minimum absolute atomic E-state index is 0.151. The molecule has 0 saturated carbocycles. The summed E-state index contributed by atoms with van der Waals surface area (Å²) in [5.74, 6) is 0.852. The summed E-state index contributed by atoms with van der Waals surface area (Å²) >= 11 is 0. The number of benzene rings is 1. The summed E-state index contributed by atoms with van der Waals surface area (Å²) in [7, 11) is 3.12. The van der Waals surface area contributed by atoms with Crippen molar-refractivity contribution in [3.63, 3.8) is 0 Å². The highest BCUT2D eigenvalue weighted by molar-refractivity contribution is 5.81. The summed E-state index contributed by atoms with van der Waals surface area (Å²) in [6, 6.07) is 5.30. The van der Waals surface area contributed by atoms with Crippen LogP contribution in [0.4, 0.5) is 0 Å². The van der Waals surface area contributed by atoms with E-state index in [1.54, 1.807) is 32.4 Å². The highest BCUT2D eigenvalue weighted by atomic mass is 16.5. The highest BCUT2D eigenvalue weighted by Crippen LogP contribution is 2.25. The quantitative estimate of drug-likeness (QED) is 0.564. The molecule has 0 aliphatic heterocycles. The van der Waals surface area contributed by atoms with Crippen molar-refractivity contribution >= 4 is 5.97 Å². The largest absolute Gasteiger partial charge is 0.497 e. The van der Waals surface area contributed by atoms with Crippen molar-refractivity contribution in [2.24, 2.45) is 0 Å². The molecule has 4 heteroatoms. The van der Waals surface area contributed by atoms with Crippen LogP contribution in [-0.2, 0) is 16.1 Å². The highest BCUT2D eigenvalue weighted by Gasteiger charge is 2.06. The van der Waals surface area contributed by atoms with Gasteiger partial charge in [-0.1, -0.05) is 6.58 Å². The molecule has 16 heavy (non-hydrogen) atoms. The van der Waals surface area contributed by atoms with Gasteiger partial charge in [-0.05, 0) is 12.1 Å². The van der Waals surface area contributed by atoms with Crippen molar-refractivity contribution in [1.29, 1.82) is 0 Å². The zero-order valence-electron chi connectivity index (χ0n) is 9.36. The molecule has 86 valence electrons. The molecule has 0 N–H and O–H groups in total. The van der Waals surface area contributed by atoms with Crippen molar-refractivity contribution in [2.45, 2.75) is 6.61 Å². The fourth-order valence-electron chi connectivity index (χ4n) is 1.18. The zero-order valence-corrected chi connectivity index (χ0v) is 9.36. The molecule has 0 spiro atoms. The van der Waals surface area contributed by atoms with Gasteiger partial charge in [0.2, 0.25) is 0 Å². The summed E-state index contributed by atoms with van der Waals surface area (Å²) in [5, 5.41) is 0. The summed E-state index contributed by atoms with van der Waals surface area (Å²) in [6.07, 6.45) is 1.12. The van der Waals surface area contributed by atoms with Gasteiger partial charge in [0, 0.05) is 17.7 Å². The molecule has 1 rings (SSSR count). The van der Waals surface area contributed by atoms with Gasteiger partial charge in [0.15, 0.2) is 0 Å². The minimum Gasteiger partial charge on any atom is -0.497 e. The Morgan fingerprint density at radius 3 is 2.69 bits per heavy atom. The third-order valence-electron chi connectivity index (χ3n) is 2.03. The molecule has 0 aliphatic carbocycles. The van der Waals surface area contributed by atoms with Crippen molar-refractivity contribution in [3.05, 3.63) is 36.4 Å². The second-order valence-electron chi connectivity index (χ2n) is 2.99. The number of carbonyl (C=O) groups is 1. The van der Waals surface area contributed by atoms with Crippen LogP contribution in [0.5, 0.6) is 11.5 Å². The van der Waals surface area contributed by atoms with Gasteiger partial charge in [-0.3, -0.25) is 0 Å². The maximum absolute atomic E-state index is 10.9. The van der Waals surface area contributed by atoms with E-state index in [1.807, 2.05) is 0 Å². The van der Waals surface area contributed by atoms with Gasteiger partial charge < -0.3 is 14.2 Å². The number of hydrogen-bond acceptors (Lipinski definition) is 4.